The van der Waals surface area contributed by atoms with Crippen molar-refractivity contribution in [3.63, 3.8) is 0 Å². The number of benzene rings is 1. The summed E-state index contributed by atoms with van der Waals surface area (Å²) in [5, 5.41) is 17.9. The molecule has 0 aromatic heterocycles. The highest BCUT2D eigenvalue weighted by atomic mass is 16.3. The average molecular weight is 334 g/mol. The van der Waals surface area contributed by atoms with Crippen LogP contribution in [0.3, 0.4) is 0 Å². The number of hydrogen-bond donors (Lipinski definition) is 4. The molecule has 4 N–H and O–H groups in total. The van der Waals surface area contributed by atoms with E-state index in [0.29, 0.717) is 12.2 Å². The van der Waals surface area contributed by atoms with Crippen LogP contribution >= 0.6 is 0 Å². The minimum atomic E-state index is -0.406. The van der Waals surface area contributed by atoms with Gasteiger partial charge in [-0.2, -0.15) is 0 Å². The molecule has 24 heavy (non-hydrogen) atoms. The van der Waals surface area contributed by atoms with Crippen molar-refractivity contribution in [1.29, 1.82) is 0 Å². The Hall–Kier alpha value is -2.12. The van der Waals surface area contributed by atoms with Gasteiger partial charge in [0.2, 0.25) is 0 Å². The van der Waals surface area contributed by atoms with Gasteiger partial charge < -0.3 is 20.6 Å². The van der Waals surface area contributed by atoms with Crippen LogP contribution in [0.25, 0.3) is 0 Å². The van der Waals surface area contributed by atoms with Crippen LogP contribution in [-0.2, 0) is 0 Å². The lowest BCUT2D eigenvalue weighted by molar-refractivity contribution is 0.112. The predicted molar refractivity (Wildman–Crippen MR) is 93.3 cm³/mol. The average Bonchev–Trinajstić information content (AvgIpc) is 2.73. The first-order valence-corrected chi connectivity index (χ1v) is 8.19. The van der Waals surface area contributed by atoms with E-state index in [2.05, 4.69) is 20.9 Å². The van der Waals surface area contributed by atoms with E-state index in [9.17, 15) is 9.59 Å². The molecule has 1 aliphatic heterocycles. The molecule has 1 heterocycles. The third-order valence-electron chi connectivity index (χ3n) is 4.64. The summed E-state index contributed by atoms with van der Waals surface area (Å²) in [5.41, 5.74) is 1.29. The number of carbonyl (C=O) groups excluding carboxylic acids is 2. The summed E-state index contributed by atoms with van der Waals surface area (Å²) < 4.78 is 0. The van der Waals surface area contributed by atoms with Crippen LogP contribution in [0.5, 0.6) is 0 Å². The molecular formula is C17H26N4O3. The fourth-order valence-electron chi connectivity index (χ4n) is 2.76. The molecule has 0 radical (unpaired) electrons. The van der Waals surface area contributed by atoms with Gasteiger partial charge in [0.1, 0.15) is 6.29 Å². The lowest BCUT2D eigenvalue weighted by Crippen LogP contribution is -2.59. The topological polar surface area (TPSA) is 93.7 Å². The van der Waals surface area contributed by atoms with E-state index in [1.165, 1.54) is 0 Å². The van der Waals surface area contributed by atoms with Gasteiger partial charge in [-0.1, -0.05) is 0 Å². The van der Waals surface area contributed by atoms with Crippen LogP contribution < -0.4 is 20.9 Å². The maximum absolute atomic E-state index is 11.9. The van der Waals surface area contributed by atoms with Crippen LogP contribution in [0.2, 0.25) is 0 Å². The van der Waals surface area contributed by atoms with Crippen molar-refractivity contribution in [2.24, 2.45) is 0 Å². The molecule has 2 unspecified atom stereocenters. The number of aliphatic hydroxyl groups is 1. The summed E-state index contributed by atoms with van der Waals surface area (Å²) >= 11 is 0. The molecule has 1 fully saturated rings. The second-order valence-corrected chi connectivity index (χ2v) is 6.33. The van der Waals surface area contributed by atoms with Crippen LogP contribution in [-0.4, -0.2) is 55.4 Å². The summed E-state index contributed by atoms with van der Waals surface area (Å²) in [4.78, 5) is 24.9. The van der Waals surface area contributed by atoms with E-state index in [4.69, 9.17) is 5.11 Å². The van der Waals surface area contributed by atoms with E-state index >= 15 is 0 Å². The number of urea groups is 1. The van der Waals surface area contributed by atoms with Crippen molar-refractivity contribution < 1.29 is 14.7 Å². The highest BCUT2D eigenvalue weighted by Crippen LogP contribution is 2.23. The minimum Gasteiger partial charge on any atom is -0.395 e. The summed E-state index contributed by atoms with van der Waals surface area (Å²) in [5.74, 6) is 0. The number of carbonyl (C=O) groups is 2. The molecule has 2 atom stereocenters. The van der Waals surface area contributed by atoms with Gasteiger partial charge in [-0.3, -0.25) is 10.1 Å². The third kappa shape index (κ3) is 4.46. The van der Waals surface area contributed by atoms with Gasteiger partial charge in [0.05, 0.1) is 18.8 Å². The smallest absolute Gasteiger partial charge is 0.315 e. The molecule has 7 heteroatoms. The lowest BCUT2D eigenvalue weighted by atomic mass is 9.90. The van der Waals surface area contributed by atoms with Gasteiger partial charge in [-0.25, -0.2) is 4.79 Å². The Balaban J connectivity index is 2.03. The molecule has 132 valence electrons. The number of rotatable bonds is 5. The molecule has 2 rings (SSSR count). The maximum atomic E-state index is 11.9. The van der Waals surface area contributed by atoms with Gasteiger partial charge in [0, 0.05) is 30.4 Å². The number of hydrogen-bond acceptors (Lipinski definition) is 5. The van der Waals surface area contributed by atoms with Crippen LogP contribution in [0.4, 0.5) is 10.5 Å². The molecule has 1 saturated heterocycles. The fourth-order valence-corrected chi connectivity index (χ4v) is 2.76. The van der Waals surface area contributed by atoms with Gasteiger partial charge in [-0.15, -0.1) is 0 Å². The quantitative estimate of drug-likeness (QED) is 0.595. The number of aldehydes is 1. The zero-order chi connectivity index (χ0) is 17.6. The molecule has 0 bridgehead atoms. The Morgan fingerprint density at radius 2 is 2.17 bits per heavy atom. The normalized spacial score (nSPS) is 24.1. The number of aliphatic hydroxyl groups excluding tert-OH is 1. The van der Waals surface area contributed by atoms with Crippen LogP contribution in [0, 0.1) is 0 Å². The molecular weight excluding hydrogens is 308 g/mol. The Kier molecular flexibility index (Phi) is 6.16. The third-order valence-corrected chi connectivity index (χ3v) is 4.64. The molecule has 2 amide bonds. The molecule has 0 spiro atoms. The number of nitrogens with one attached hydrogen (secondary N) is 3. The van der Waals surface area contributed by atoms with Crippen molar-refractivity contribution in [3.05, 3.63) is 29.8 Å². The van der Waals surface area contributed by atoms with Crippen molar-refractivity contribution in [1.82, 2.24) is 16.0 Å². The SMILES string of the molecule is CC1NCN(c2ccc(C=O)cc2)CCC1(C)NC(=O)NCCO. The second kappa shape index (κ2) is 8.12. The Morgan fingerprint density at radius 1 is 1.46 bits per heavy atom. The molecule has 1 aromatic carbocycles. The lowest BCUT2D eigenvalue weighted by Gasteiger charge is -2.35. The van der Waals surface area contributed by atoms with Crippen molar-refractivity contribution >= 4 is 18.0 Å². The highest BCUT2D eigenvalue weighted by Gasteiger charge is 2.35. The van der Waals surface area contributed by atoms with Gasteiger partial charge >= 0.3 is 6.03 Å². The van der Waals surface area contributed by atoms with Gasteiger partial charge in [0.15, 0.2) is 0 Å². The van der Waals surface area contributed by atoms with Crippen LogP contribution in [0.1, 0.15) is 30.6 Å². The summed E-state index contributed by atoms with van der Waals surface area (Å²) in [6.45, 7) is 5.65. The van der Waals surface area contributed by atoms with E-state index < -0.39 is 5.54 Å². The molecule has 1 aromatic rings. The minimum absolute atomic E-state index is 0.0802. The zero-order valence-electron chi connectivity index (χ0n) is 14.2. The number of anilines is 1. The monoisotopic (exact) mass is 334 g/mol. The number of nitrogens with zero attached hydrogens (tertiary/aromatic N) is 1. The maximum Gasteiger partial charge on any atom is 0.315 e. The first-order chi connectivity index (χ1) is 11.5. The summed E-state index contributed by atoms with van der Waals surface area (Å²) in [6.07, 6.45) is 1.60. The first-order valence-electron chi connectivity index (χ1n) is 8.19. The molecule has 1 aliphatic rings. The molecule has 0 aliphatic carbocycles. The summed E-state index contributed by atoms with van der Waals surface area (Å²) in [6, 6.07) is 7.27. The Labute approximate surface area is 142 Å². The van der Waals surface area contributed by atoms with E-state index in [1.54, 1.807) is 12.1 Å². The standard InChI is InChI=1S/C17H26N4O3/c1-13-17(2,20-16(24)18-8-10-22)7-9-21(12-19-13)15-5-3-14(11-23)4-6-15/h3-6,11,13,19,22H,7-10,12H2,1-2H3,(H2,18,20,24). The zero-order valence-corrected chi connectivity index (χ0v) is 14.2. The largest absolute Gasteiger partial charge is 0.395 e. The van der Waals surface area contributed by atoms with E-state index in [-0.39, 0.29) is 25.2 Å². The number of amides is 2. The summed E-state index contributed by atoms with van der Waals surface area (Å²) in [7, 11) is 0. The van der Waals surface area contributed by atoms with Gasteiger partial charge in [-0.05, 0) is 44.5 Å². The predicted octanol–water partition coefficient (Wildman–Crippen LogP) is 0.695. The highest BCUT2D eigenvalue weighted by molar-refractivity contribution is 5.76. The van der Waals surface area contributed by atoms with Gasteiger partial charge in [0.25, 0.3) is 0 Å². The van der Waals surface area contributed by atoms with E-state index in [1.807, 2.05) is 26.0 Å². The Bertz CT molecular complexity index is 563. The molecule has 0 saturated carbocycles. The van der Waals surface area contributed by atoms with E-state index in [0.717, 1.165) is 24.9 Å². The first kappa shape index (κ1) is 18.2. The molecule has 7 nitrogen and oxygen atoms in total. The van der Waals surface area contributed by atoms with Crippen molar-refractivity contribution in [2.45, 2.75) is 31.8 Å². The fraction of sp³-hybridized carbons (Fsp3) is 0.529. The second-order valence-electron chi connectivity index (χ2n) is 6.33. The Morgan fingerprint density at radius 3 is 2.79 bits per heavy atom. The van der Waals surface area contributed by atoms with Crippen LogP contribution in [0.15, 0.2) is 24.3 Å². The van der Waals surface area contributed by atoms with Crippen molar-refractivity contribution in [3.8, 4) is 0 Å². The van der Waals surface area contributed by atoms with Crippen molar-refractivity contribution in [2.75, 3.05) is 31.3 Å².